The van der Waals surface area contributed by atoms with E-state index in [9.17, 15) is 4.79 Å². The molecule has 0 spiro atoms. The Morgan fingerprint density at radius 1 is 1.39 bits per heavy atom. The summed E-state index contributed by atoms with van der Waals surface area (Å²) in [5, 5.41) is 17.9. The summed E-state index contributed by atoms with van der Waals surface area (Å²) >= 11 is 0. The van der Waals surface area contributed by atoms with Crippen LogP contribution in [0, 0.1) is 11.3 Å². The molecule has 0 radical (unpaired) electrons. The average molecular weight is 318 g/mol. The van der Waals surface area contributed by atoms with Crippen LogP contribution in [-0.4, -0.2) is 49.3 Å². The Morgan fingerprint density at radius 3 is 2.61 bits per heavy atom. The first-order valence-corrected chi connectivity index (χ1v) is 7.43. The number of methoxy groups -OCH3 is 1. The number of carbonyl (C=O) groups is 1. The smallest absolute Gasteiger partial charge is 0.346 e. The van der Waals surface area contributed by atoms with E-state index in [1.807, 2.05) is 0 Å². The van der Waals surface area contributed by atoms with Crippen LogP contribution in [0.5, 0.6) is 11.5 Å². The molecule has 0 aromatic heterocycles. The predicted molar refractivity (Wildman–Crippen MR) is 87.5 cm³/mol. The standard InChI is InChI=1S/C17H22N2O4/c1-4-19(5-2)8-9-23-16-11-15(22-3)7-6-13(16)10-14(12-18)17(20)21/h6-7,10-11H,4-5,8-9H2,1-3H3,(H,20,21). The van der Waals surface area contributed by atoms with Gasteiger partial charge in [-0.3, -0.25) is 0 Å². The van der Waals surface area contributed by atoms with Crippen molar-refractivity contribution in [3.63, 3.8) is 0 Å². The van der Waals surface area contributed by atoms with Gasteiger partial charge in [0.15, 0.2) is 0 Å². The van der Waals surface area contributed by atoms with Crippen LogP contribution < -0.4 is 9.47 Å². The van der Waals surface area contributed by atoms with E-state index >= 15 is 0 Å². The highest BCUT2D eigenvalue weighted by molar-refractivity contribution is 5.96. The number of likely N-dealkylation sites (N-methyl/N-ethyl adjacent to an activating group) is 1. The number of hydrogen-bond donors (Lipinski definition) is 1. The molecule has 0 fully saturated rings. The number of nitrogens with zero attached hydrogens (tertiary/aromatic N) is 2. The molecule has 6 heteroatoms. The molecule has 0 saturated carbocycles. The maximum Gasteiger partial charge on any atom is 0.346 e. The van der Waals surface area contributed by atoms with Crippen LogP contribution >= 0.6 is 0 Å². The quantitative estimate of drug-likeness (QED) is 0.556. The van der Waals surface area contributed by atoms with E-state index in [1.54, 1.807) is 31.4 Å². The van der Waals surface area contributed by atoms with E-state index in [4.69, 9.17) is 19.8 Å². The van der Waals surface area contributed by atoms with Gasteiger partial charge in [0.05, 0.1) is 7.11 Å². The second-order valence-corrected chi connectivity index (χ2v) is 4.75. The Morgan fingerprint density at radius 2 is 2.09 bits per heavy atom. The van der Waals surface area contributed by atoms with Crippen molar-refractivity contribution in [3.05, 3.63) is 29.3 Å². The largest absolute Gasteiger partial charge is 0.497 e. The summed E-state index contributed by atoms with van der Waals surface area (Å²) in [4.78, 5) is 13.2. The van der Waals surface area contributed by atoms with Crippen molar-refractivity contribution in [2.24, 2.45) is 0 Å². The second kappa shape index (κ2) is 9.49. The van der Waals surface area contributed by atoms with Crippen LogP contribution in [0.1, 0.15) is 19.4 Å². The summed E-state index contributed by atoms with van der Waals surface area (Å²) in [6, 6.07) is 6.72. The van der Waals surface area contributed by atoms with Crippen LogP contribution in [-0.2, 0) is 4.79 Å². The van der Waals surface area contributed by atoms with Crippen molar-refractivity contribution in [3.8, 4) is 17.6 Å². The van der Waals surface area contributed by atoms with Gasteiger partial charge in [-0.25, -0.2) is 4.79 Å². The lowest BCUT2D eigenvalue weighted by Crippen LogP contribution is -2.28. The molecule has 0 aliphatic carbocycles. The van der Waals surface area contributed by atoms with Crippen LogP contribution in [0.2, 0.25) is 0 Å². The van der Waals surface area contributed by atoms with Crippen molar-refractivity contribution in [1.29, 1.82) is 5.26 Å². The summed E-state index contributed by atoms with van der Waals surface area (Å²) in [6.07, 6.45) is 1.30. The summed E-state index contributed by atoms with van der Waals surface area (Å²) in [7, 11) is 1.54. The van der Waals surface area contributed by atoms with Gasteiger partial charge in [0.2, 0.25) is 0 Å². The molecule has 0 bridgehead atoms. The van der Waals surface area contributed by atoms with Crippen molar-refractivity contribution in [2.45, 2.75) is 13.8 Å². The number of aliphatic carboxylic acids is 1. The molecule has 0 saturated heterocycles. The molecule has 23 heavy (non-hydrogen) atoms. The molecular weight excluding hydrogens is 296 g/mol. The molecule has 6 nitrogen and oxygen atoms in total. The SMILES string of the molecule is CCN(CC)CCOc1cc(OC)ccc1C=C(C#N)C(=O)O. The normalized spacial score (nSPS) is 11.2. The Labute approximate surface area is 136 Å². The minimum atomic E-state index is -1.27. The molecule has 0 aliphatic heterocycles. The molecule has 0 heterocycles. The molecule has 0 atom stereocenters. The summed E-state index contributed by atoms with van der Waals surface area (Å²) in [5.41, 5.74) is 0.188. The van der Waals surface area contributed by atoms with Crippen LogP contribution in [0.3, 0.4) is 0 Å². The van der Waals surface area contributed by atoms with Crippen molar-refractivity contribution in [2.75, 3.05) is 33.4 Å². The molecule has 124 valence electrons. The molecule has 0 unspecified atom stereocenters. The maximum atomic E-state index is 11.0. The van der Waals surface area contributed by atoms with Gasteiger partial charge in [0.1, 0.15) is 29.7 Å². The van der Waals surface area contributed by atoms with Gasteiger partial charge >= 0.3 is 5.97 Å². The topological polar surface area (TPSA) is 82.8 Å². The summed E-state index contributed by atoms with van der Waals surface area (Å²) < 4.78 is 10.9. The lowest BCUT2D eigenvalue weighted by Gasteiger charge is -2.18. The first kappa shape index (κ1) is 18.5. The zero-order valence-electron chi connectivity index (χ0n) is 13.7. The number of carboxylic acids is 1. The Balaban J connectivity index is 2.99. The number of ether oxygens (including phenoxy) is 2. The third kappa shape index (κ3) is 5.64. The van der Waals surface area contributed by atoms with E-state index in [-0.39, 0.29) is 5.57 Å². The second-order valence-electron chi connectivity index (χ2n) is 4.75. The number of carboxylic acid groups (broad SMARTS) is 1. The van der Waals surface area contributed by atoms with Gasteiger partial charge in [-0.15, -0.1) is 0 Å². The third-order valence-electron chi connectivity index (χ3n) is 3.43. The van der Waals surface area contributed by atoms with Gasteiger partial charge in [-0.05, 0) is 31.3 Å². The Bertz CT molecular complexity index is 601. The summed E-state index contributed by atoms with van der Waals surface area (Å²) in [5.74, 6) is -0.170. The van der Waals surface area contributed by atoms with Gasteiger partial charge in [0.25, 0.3) is 0 Å². The van der Waals surface area contributed by atoms with Crippen molar-refractivity contribution < 1.29 is 19.4 Å². The minimum Gasteiger partial charge on any atom is -0.497 e. The number of nitriles is 1. The first-order chi connectivity index (χ1) is 11.0. The highest BCUT2D eigenvalue weighted by Gasteiger charge is 2.10. The van der Waals surface area contributed by atoms with E-state index in [0.717, 1.165) is 19.6 Å². The Kier molecular flexibility index (Phi) is 7.64. The van der Waals surface area contributed by atoms with Gasteiger partial charge < -0.3 is 19.5 Å². The predicted octanol–water partition coefficient (Wildman–Crippen LogP) is 2.41. The molecule has 0 aliphatic rings. The van der Waals surface area contributed by atoms with Gasteiger partial charge in [-0.1, -0.05) is 13.8 Å². The zero-order valence-corrected chi connectivity index (χ0v) is 13.7. The average Bonchev–Trinajstić information content (AvgIpc) is 2.56. The fraction of sp³-hybridized carbons (Fsp3) is 0.412. The van der Waals surface area contributed by atoms with Crippen molar-refractivity contribution >= 4 is 12.0 Å². The summed E-state index contributed by atoms with van der Waals surface area (Å²) in [6.45, 7) is 7.25. The molecule has 1 aromatic rings. The highest BCUT2D eigenvalue weighted by Crippen LogP contribution is 2.27. The molecular formula is C17H22N2O4. The fourth-order valence-electron chi connectivity index (χ4n) is 2.01. The van der Waals surface area contributed by atoms with E-state index in [0.29, 0.717) is 23.7 Å². The molecule has 1 aromatic carbocycles. The molecule has 1 N–H and O–H groups in total. The third-order valence-corrected chi connectivity index (χ3v) is 3.43. The van der Waals surface area contributed by atoms with Crippen LogP contribution in [0.25, 0.3) is 6.08 Å². The van der Waals surface area contributed by atoms with E-state index in [2.05, 4.69) is 18.7 Å². The number of rotatable bonds is 9. The Hall–Kier alpha value is -2.52. The molecule has 1 rings (SSSR count). The van der Waals surface area contributed by atoms with Crippen molar-refractivity contribution in [1.82, 2.24) is 4.90 Å². The van der Waals surface area contributed by atoms with E-state index in [1.165, 1.54) is 6.08 Å². The minimum absolute atomic E-state index is 0.344. The van der Waals surface area contributed by atoms with Gasteiger partial charge in [0, 0.05) is 18.2 Å². The van der Waals surface area contributed by atoms with Crippen LogP contribution in [0.4, 0.5) is 0 Å². The van der Waals surface area contributed by atoms with Gasteiger partial charge in [-0.2, -0.15) is 5.26 Å². The zero-order chi connectivity index (χ0) is 17.2. The monoisotopic (exact) mass is 318 g/mol. The first-order valence-electron chi connectivity index (χ1n) is 7.43. The number of benzene rings is 1. The number of hydrogen-bond acceptors (Lipinski definition) is 5. The lowest BCUT2D eigenvalue weighted by molar-refractivity contribution is -0.132. The van der Waals surface area contributed by atoms with Crippen LogP contribution in [0.15, 0.2) is 23.8 Å². The highest BCUT2D eigenvalue weighted by atomic mass is 16.5. The molecule has 0 amide bonds. The maximum absolute atomic E-state index is 11.0. The van der Waals surface area contributed by atoms with E-state index < -0.39 is 5.97 Å². The fourth-order valence-corrected chi connectivity index (χ4v) is 2.01. The lowest BCUT2D eigenvalue weighted by atomic mass is 10.1.